The maximum atomic E-state index is 11.0. The Labute approximate surface area is 131 Å². The normalized spacial score (nSPS) is 37.1. The molecule has 0 bridgehead atoms. The summed E-state index contributed by atoms with van der Waals surface area (Å²) >= 11 is 1.66. The lowest BCUT2D eigenvalue weighted by Gasteiger charge is -2.40. The molecule has 2 aliphatic rings. The topological polar surface area (TPSA) is 59.9 Å². The minimum Gasteiger partial charge on any atom is -0.463 e. The SMILES string of the molecule is CCCCN=C1NC2C(O[C@H](COC(C)=O)[C@@H](C)[C@@H]2C)S1. The van der Waals surface area contributed by atoms with E-state index < -0.39 is 0 Å². The van der Waals surface area contributed by atoms with Gasteiger partial charge in [0.15, 0.2) is 5.17 Å². The molecule has 2 heterocycles. The van der Waals surface area contributed by atoms with Crippen molar-refractivity contribution < 1.29 is 14.3 Å². The molecule has 0 radical (unpaired) electrons. The summed E-state index contributed by atoms with van der Waals surface area (Å²) in [5.41, 5.74) is 0.0668. The molecule has 2 fully saturated rings. The van der Waals surface area contributed by atoms with Crippen molar-refractivity contribution >= 4 is 22.9 Å². The lowest BCUT2D eigenvalue weighted by Crippen LogP contribution is -2.52. The smallest absolute Gasteiger partial charge is 0.302 e. The molecule has 0 aromatic heterocycles. The molecule has 120 valence electrons. The van der Waals surface area contributed by atoms with Crippen LogP contribution in [0.15, 0.2) is 4.99 Å². The fraction of sp³-hybridized carbons (Fsp3) is 0.867. The summed E-state index contributed by atoms with van der Waals surface area (Å²) in [7, 11) is 0. The van der Waals surface area contributed by atoms with Gasteiger partial charge in [-0.05, 0) is 18.3 Å². The molecule has 0 spiro atoms. The van der Waals surface area contributed by atoms with E-state index in [1.807, 2.05) is 0 Å². The maximum absolute atomic E-state index is 11.0. The number of ether oxygens (including phenoxy) is 2. The number of carbonyl (C=O) groups is 1. The first-order chi connectivity index (χ1) is 10.0. The number of hydrogen-bond acceptors (Lipinski definition) is 5. The first kappa shape index (κ1) is 16.6. The van der Waals surface area contributed by atoms with E-state index >= 15 is 0 Å². The summed E-state index contributed by atoms with van der Waals surface area (Å²) in [4.78, 5) is 15.6. The molecular weight excluding hydrogens is 288 g/mol. The van der Waals surface area contributed by atoms with Crippen molar-refractivity contribution in [3.05, 3.63) is 0 Å². The molecule has 5 atom stereocenters. The fourth-order valence-electron chi connectivity index (χ4n) is 2.69. The second-order valence-electron chi connectivity index (χ2n) is 5.89. The molecular formula is C15H26N2O3S. The third-order valence-corrected chi connectivity index (χ3v) is 5.43. The van der Waals surface area contributed by atoms with E-state index in [2.05, 4.69) is 31.1 Å². The number of unbranched alkanes of at least 4 members (excludes halogenated alkanes) is 1. The van der Waals surface area contributed by atoms with Crippen molar-refractivity contribution in [3.8, 4) is 0 Å². The van der Waals surface area contributed by atoms with E-state index in [1.165, 1.54) is 6.92 Å². The van der Waals surface area contributed by atoms with Gasteiger partial charge >= 0.3 is 5.97 Å². The van der Waals surface area contributed by atoms with Gasteiger partial charge in [-0.15, -0.1) is 0 Å². The van der Waals surface area contributed by atoms with Crippen molar-refractivity contribution in [2.45, 2.75) is 58.1 Å². The number of fused-ring (bicyclic) bond motifs is 1. The quantitative estimate of drug-likeness (QED) is 0.624. The van der Waals surface area contributed by atoms with Gasteiger partial charge < -0.3 is 14.8 Å². The highest BCUT2D eigenvalue weighted by molar-refractivity contribution is 8.14. The number of nitrogens with one attached hydrogen (secondary N) is 1. The van der Waals surface area contributed by atoms with Gasteiger partial charge in [0.05, 0.1) is 12.1 Å². The number of carbonyl (C=O) groups excluding carboxylic acids is 1. The first-order valence-electron chi connectivity index (χ1n) is 7.79. The summed E-state index contributed by atoms with van der Waals surface area (Å²) in [6.45, 7) is 9.20. The van der Waals surface area contributed by atoms with Crippen molar-refractivity contribution in [2.24, 2.45) is 16.8 Å². The summed E-state index contributed by atoms with van der Waals surface area (Å²) in [6.07, 6.45) is 2.24. The number of hydrogen-bond donors (Lipinski definition) is 1. The van der Waals surface area contributed by atoms with E-state index in [-0.39, 0.29) is 17.5 Å². The van der Waals surface area contributed by atoms with E-state index in [1.54, 1.807) is 11.8 Å². The lowest BCUT2D eigenvalue weighted by atomic mass is 9.83. The summed E-state index contributed by atoms with van der Waals surface area (Å²) in [5, 5.41) is 4.49. The third kappa shape index (κ3) is 4.13. The number of rotatable bonds is 5. The molecule has 6 heteroatoms. The molecule has 2 rings (SSSR count). The molecule has 5 nitrogen and oxygen atoms in total. The van der Waals surface area contributed by atoms with Crippen LogP contribution in [0.4, 0.5) is 0 Å². The average molecular weight is 314 g/mol. The second-order valence-corrected chi connectivity index (χ2v) is 6.98. The Bertz CT molecular complexity index is 402. The average Bonchev–Trinajstić information content (AvgIpc) is 2.84. The molecule has 0 amide bonds. The Morgan fingerprint density at radius 3 is 2.86 bits per heavy atom. The maximum Gasteiger partial charge on any atom is 0.302 e. The molecule has 0 aromatic carbocycles. The van der Waals surface area contributed by atoms with Crippen LogP contribution in [0.5, 0.6) is 0 Å². The zero-order valence-corrected chi connectivity index (χ0v) is 14.1. The first-order valence-corrected chi connectivity index (χ1v) is 8.67. The van der Waals surface area contributed by atoms with Crippen LogP contribution in [0.25, 0.3) is 0 Å². The van der Waals surface area contributed by atoms with Crippen molar-refractivity contribution in [1.82, 2.24) is 5.32 Å². The van der Waals surface area contributed by atoms with Crippen molar-refractivity contribution in [2.75, 3.05) is 13.2 Å². The largest absolute Gasteiger partial charge is 0.463 e. The Kier molecular flexibility index (Phi) is 5.93. The van der Waals surface area contributed by atoms with Gasteiger partial charge in [0.1, 0.15) is 12.0 Å². The van der Waals surface area contributed by atoms with Crippen LogP contribution in [0.1, 0.15) is 40.5 Å². The van der Waals surface area contributed by atoms with Crippen LogP contribution in [0.3, 0.4) is 0 Å². The number of aliphatic imine (C=N–C) groups is 1. The van der Waals surface area contributed by atoms with E-state index in [0.29, 0.717) is 24.5 Å². The summed E-state index contributed by atoms with van der Waals surface area (Å²) in [6, 6.07) is 0.291. The highest BCUT2D eigenvalue weighted by Crippen LogP contribution is 2.39. The van der Waals surface area contributed by atoms with E-state index in [4.69, 9.17) is 9.47 Å². The number of thioether (sulfide) groups is 1. The van der Waals surface area contributed by atoms with Gasteiger partial charge in [-0.25, -0.2) is 0 Å². The van der Waals surface area contributed by atoms with Gasteiger partial charge in [0.25, 0.3) is 0 Å². The van der Waals surface area contributed by atoms with Crippen molar-refractivity contribution in [3.63, 3.8) is 0 Å². The summed E-state index contributed by atoms with van der Waals surface area (Å²) < 4.78 is 11.3. The minimum atomic E-state index is -0.250. The predicted molar refractivity (Wildman–Crippen MR) is 85.3 cm³/mol. The molecule has 0 aromatic rings. The minimum absolute atomic E-state index is 0.0329. The zero-order valence-electron chi connectivity index (χ0n) is 13.3. The lowest BCUT2D eigenvalue weighted by molar-refractivity contribution is -0.153. The predicted octanol–water partition coefficient (Wildman–Crippen LogP) is 2.41. The van der Waals surface area contributed by atoms with Crippen LogP contribution in [0, 0.1) is 11.8 Å². The Hall–Kier alpha value is -0.750. The molecule has 1 N–H and O–H groups in total. The van der Waals surface area contributed by atoms with Gasteiger partial charge in [0.2, 0.25) is 0 Å². The molecule has 2 unspecified atom stereocenters. The molecule has 0 aliphatic carbocycles. The molecule has 2 aliphatic heterocycles. The molecule has 2 saturated heterocycles. The number of amidine groups is 1. The van der Waals surface area contributed by atoms with Crippen LogP contribution < -0.4 is 5.32 Å². The van der Waals surface area contributed by atoms with Crippen LogP contribution in [-0.2, 0) is 14.3 Å². The van der Waals surface area contributed by atoms with Gasteiger partial charge in [0, 0.05) is 13.5 Å². The summed E-state index contributed by atoms with van der Waals surface area (Å²) in [5.74, 6) is 0.545. The van der Waals surface area contributed by atoms with Crippen LogP contribution in [0.2, 0.25) is 0 Å². The highest BCUT2D eigenvalue weighted by atomic mass is 32.2. The standard InChI is InChI=1S/C15H26N2O3S/c1-5-6-7-16-15-17-13-10(3)9(2)12(8-19-11(4)18)20-14(13)21-15/h9-10,12-14H,5-8H2,1-4H3,(H,16,17)/t9-,10-,12+,13?,14?/m0/s1. The van der Waals surface area contributed by atoms with Gasteiger partial charge in [-0.2, -0.15) is 0 Å². The second kappa shape index (κ2) is 7.49. The van der Waals surface area contributed by atoms with E-state index in [0.717, 1.165) is 24.6 Å². The van der Waals surface area contributed by atoms with Gasteiger partial charge in [-0.1, -0.05) is 39.0 Å². The van der Waals surface area contributed by atoms with E-state index in [9.17, 15) is 4.79 Å². The van der Waals surface area contributed by atoms with Gasteiger partial charge in [-0.3, -0.25) is 9.79 Å². The molecule has 21 heavy (non-hydrogen) atoms. The number of nitrogens with zero attached hydrogens (tertiary/aromatic N) is 1. The fourth-order valence-corrected chi connectivity index (χ4v) is 3.94. The van der Waals surface area contributed by atoms with Crippen LogP contribution >= 0.6 is 11.8 Å². The highest BCUT2D eigenvalue weighted by Gasteiger charge is 2.46. The zero-order chi connectivity index (χ0) is 15.4. The van der Waals surface area contributed by atoms with Crippen molar-refractivity contribution in [1.29, 1.82) is 0 Å². The third-order valence-electron chi connectivity index (χ3n) is 4.32. The molecule has 0 saturated carbocycles. The monoisotopic (exact) mass is 314 g/mol. The Morgan fingerprint density at radius 2 is 2.19 bits per heavy atom. The van der Waals surface area contributed by atoms with Crippen LogP contribution in [-0.4, -0.2) is 41.9 Å². The number of esters is 1. The Morgan fingerprint density at radius 1 is 1.43 bits per heavy atom. The Balaban J connectivity index is 1.95.